The van der Waals surface area contributed by atoms with Gasteiger partial charge in [0.25, 0.3) is 0 Å². The number of rotatable bonds is 3. The Hall–Kier alpha value is -3.49. The van der Waals surface area contributed by atoms with Crippen LogP contribution in [-0.2, 0) is 6.18 Å². The molecule has 0 unspecified atom stereocenters. The number of imidazole rings is 1. The van der Waals surface area contributed by atoms with Crippen LogP contribution in [0.5, 0.6) is 0 Å². The molecule has 0 atom stereocenters. The Morgan fingerprint density at radius 1 is 0.963 bits per heavy atom. The molecule has 4 rings (SSSR count). The first-order chi connectivity index (χ1) is 12.9. The Morgan fingerprint density at radius 3 is 2.41 bits per heavy atom. The molecule has 136 valence electrons. The van der Waals surface area contributed by atoms with Gasteiger partial charge in [-0.1, -0.05) is 12.1 Å². The van der Waals surface area contributed by atoms with Crippen LogP contribution in [-0.4, -0.2) is 20.2 Å². The van der Waals surface area contributed by atoms with Crippen molar-refractivity contribution in [3.63, 3.8) is 0 Å². The van der Waals surface area contributed by atoms with Crippen molar-refractivity contribution in [2.24, 2.45) is 0 Å². The minimum absolute atomic E-state index is 0.195. The lowest BCUT2D eigenvalue weighted by Gasteiger charge is -2.06. The summed E-state index contributed by atoms with van der Waals surface area (Å²) in [5.74, 6) is -0.164. The number of hydrogen-bond donors (Lipinski definition) is 2. The van der Waals surface area contributed by atoms with Gasteiger partial charge in [-0.15, -0.1) is 0 Å². The van der Waals surface area contributed by atoms with E-state index in [9.17, 15) is 17.6 Å². The molecular formula is C18H11F4N5. The Bertz CT molecular complexity index is 1090. The number of benzene rings is 2. The van der Waals surface area contributed by atoms with Crippen molar-refractivity contribution in [3.8, 4) is 11.4 Å². The molecule has 0 aliphatic carbocycles. The Balaban J connectivity index is 1.68. The van der Waals surface area contributed by atoms with Gasteiger partial charge in [0.05, 0.1) is 40.4 Å². The average molecular weight is 373 g/mol. The summed E-state index contributed by atoms with van der Waals surface area (Å²) in [6.45, 7) is 0. The summed E-state index contributed by atoms with van der Waals surface area (Å²) in [5.41, 5.74) is 1.37. The van der Waals surface area contributed by atoms with Gasteiger partial charge in [0, 0.05) is 11.6 Å². The second-order valence-corrected chi connectivity index (χ2v) is 5.77. The van der Waals surface area contributed by atoms with Crippen LogP contribution in [0.1, 0.15) is 5.56 Å². The second-order valence-electron chi connectivity index (χ2n) is 5.77. The lowest BCUT2D eigenvalue weighted by Crippen LogP contribution is -2.04. The van der Waals surface area contributed by atoms with E-state index in [1.54, 1.807) is 6.07 Å². The Morgan fingerprint density at radius 2 is 1.74 bits per heavy atom. The van der Waals surface area contributed by atoms with Gasteiger partial charge in [-0.2, -0.15) is 23.4 Å². The number of hydrogen-bond acceptors (Lipinski definition) is 4. The van der Waals surface area contributed by atoms with Crippen LogP contribution in [0.4, 0.5) is 28.9 Å². The smallest absolute Gasteiger partial charge is 0.352 e. The van der Waals surface area contributed by atoms with Crippen molar-refractivity contribution in [2.75, 3.05) is 5.32 Å². The predicted molar refractivity (Wildman–Crippen MR) is 91.8 cm³/mol. The van der Waals surface area contributed by atoms with Crippen molar-refractivity contribution >= 4 is 22.4 Å². The molecule has 2 heterocycles. The molecule has 9 heteroatoms. The van der Waals surface area contributed by atoms with Crippen molar-refractivity contribution in [1.82, 2.24) is 20.2 Å². The van der Waals surface area contributed by atoms with Gasteiger partial charge < -0.3 is 10.3 Å². The van der Waals surface area contributed by atoms with E-state index in [1.807, 2.05) is 0 Å². The number of nitrogens with one attached hydrogen (secondary N) is 2. The van der Waals surface area contributed by atoms with Crippen molar-refractivity contribution in [1.29, 1.82) is 0 Å². The van der Waals surface area contributed by atoms with E-state index in [2.05, 4.69) is 25.5 Å². The third kappa shape index (κ3) is 3.43. The summed E-state index contributed by atoms with van der Waals surface area (Å²) >= 11 is 0. The fraction of sp³-hybridized carbons (Fsp3) is 0.0556. The first-order valence-corrected chi connectivity index (χ1v) is 7.81. The van der Waals surface area contributed by atoms with Crippen LogP contribution in [0.2, 0.25) is 0 Å². The highest BCUT2D eigenvalue weighted by Gasteiger charge is 2.30. The third-order valence-corrected chi connectivity index (χ3v) is 3.92. The van der Waals surface area contributed by atoms with Crippen LogP contribution in [0.3, 0.4) is 0 Å². The van der Waals surface area contributed by atoms with Crippen LogP contribution in [0.15, 0.2) is 54.9 Å². The summed E-state index contributed by atoms with van der Waals surface area (Å²) in [6, 6.07) is 9.01. The molecule has 0 aliphatic heterocycles. The molecular weight excluding hydrogens is 362 g/mol. The largest absolute Gasteiger partial charge is 0.416 e. The molecule has 0 spiro atoms. The highest BCUT2D eigenvalue weighted by Crippen LogP contribution is 2.31. The van der Waals surface area contributed by atoms with Crippen LogP contribution >= 0.6 is 0 Å². The van der Waals surface area contributed by atoms with E-state index < -0.39 is 17.6 Å². The first-order valence-electron chi connectivity index (χ1n) is 7.81. The number of aromatic amines is 1. The zero-order chi connectivity index (χ0) is 19.0. The highest BCUT2D eigenvalue weighted by molar-refractivity contribution is 5.84. The Labute approximate surface area is 150 Å². The topological polar surface area (TPSA) is 66.5 Å². The molecule has 5 nitrogen and oxygen atoms in total. The van der Waals surface area contributed by atoms with Crippen LogP contribution < -0.4 is 5.32 Å². The number of aromatic nitrogens is 4. The summed E-state index contributed by atoms with van der Waals surface area (Å²) in [6.07, 6.45) is -1.49. The predicted octanol–water partition coefficient (Wildman–Crippen LogP) is 4.92. The maximum atomic E-state index is 14.3. The average Bonchev–Trinajstić information content (AvgIpc) is 3.05. The summed E-state index contributed by atoms with van der Waals surface area (Å²) < 4.78 is 52.4. The number of halogens is 4. The minimum Gasteiger partial charge on any atom is -0.352 e. The molecule has 0 saturated heterocycles. The SMILES string of the molecule is Fc1cc2[nH]c(-c3ccc(C(F)(F)F)cc3)nc2cc1Nc1ccnnc1. The van der Waals surface area contributed by atoms with Crippen molar-refractivity contribution in [3.05, 3.63) is 66.2 Å². The minimum atomic E-state index is -4.40. The zero-order valence-electron chi connectivity index (χ0n) is 13.5. The molecule has 0 amide bonds. The second kappa shape index (κ2) is 6.35. The molecule has 4 aromatic rings. The van der Waals surface area contributed by atoms with E-state index in [4.69, 9.17) is 0 Å². The normalized spacial score (nSPS) is 11.7. The molecule has 2 N–H and O–H groups in total. The van der Waals surface area contributed by atoms with E-state index >= 15 is 0 Å². The molecule has 0 saturated carbocycles. The van der Waals surface area contributed by atoms with Crippen LogP contribution in [0.25, 0.3) is 22.4 Å². The third-order valence-electron chi connectivity index (χ3n) is 3.92. The fourth-order valence-corrected chi connectivity index (χ4v) is 2.60. The van der Waals surface area contributed by atoms with E-state index in [1.165, 1.54) is 36.7 Å². The number of fused-ring (bicyclic) bond motifs is 1. The van der Waals surface area contributed by atoms with Gasteiger partial charge in [0.15, 0.2) is 0 Å². The van der Waals surface area contributed by atoms with Crippen LogP contribution in [0, 0.1) is 5.82 Å². The van der Waals surface area contributed by atoms with E-state index in [0.717, 1.165) is 12.1 Å². The zero-order valence-corrected chi connectivity index (χ0v) is 13.5. The molecule has 0 fully saturated rings. The lowest BCUT2D eigenvalue weighted by molar-refractivity contribution is -0.137. The number of nitrogens with zero attached hydrogens (tertiary/aromatic N) is 3. The van der Waals surface area contributed by atoms with Gasteiger partial charge in [-0.25, -0.2) is 9.37 Å². The van der Waals surface area contributed by atoms with Gasteiger partial charge in [-0.3, -0.25) is 0 Å². The maximum Gasteiger partial charge on any atom is 0.416 e. The van der Waals surface area contributed by atoms with E-state index in [0.29, 0.717) is 28.1 Å². The van der Waals surface area contributed by atoms with Gasteiger partial charge >= 0.3 is 6.18 Å². The summed E-state index contributed by atoms with van der Waals surface area (Å²) in [5, 5.41) is 10.2. The van der Waals surface area contributed by atoms with Gasteiger partial charge in [0.1, 0.15) is 11.6 Å². The van der Waals surface area contributed by atoms with Crippen molar-refractivity contribution in [2.45, 2.75) is 6.18 Å². The standard InChI is InChI=1S/C18H11F4N5/c19-13-7-15-16(8-14(13)25-12-5-6-23-24-9-12)27-17(26-15)10-1-3-11(4-2-10)18(20,21)22/h1-9H,(H,23,25)(H,26,27). The van der Waals surface area contributed by atoms with Gasteiger partial charge in [-0.05, 0) is 24.3 Å². The quantitative estimate of drug-likeness (QED) is 0.500. The summed E-state index contributed by atoms with van der Waals surface area (Å²) in [4.78, 5) is 7.27. The highest BCUT2D eigenvalue weighted by atomic mass is 19.4. The molecule has 0 aliphatic rings. The van der Waals surface area contributed by atoms with Gasteiger partial charge in [0.2, 0.25) is 0 Å². The molecule has 0 radical (unpaired) electrons. The monoisotopic (exact) mass is 373 g/mol. The molecule has 0 bridgehead atoms. The van der Waals surface area contributed by atoms with Crippen molar-refractivity contribution < 1.29 is 17.6 Å². The number of alkyl halides is 3. The number of anilines is 2. The first kappa shape index (κ1) is 17.0. The molecule has 2 aromatic heterocycles. The molecule has 2 aromatic carbocycles. The maximum absolute atomic E-state index is 14.3. The molecule has 27 heavy (non-hydrogen) atoms. The number of H-pyrrole nitrogens is 1. The lowest BCUT2D eigenvalue weighted by atomic mass is 10.1. The van der Waals surface area contributed by atoms with E-state index in [-0.39, 0.29) is 5.69 Å². The summed E-state index contributed by atoms with van der Waals surface area (Å²) in [7, 11) is 0. The Kier molecular flexibility index (Phi) is 3.98. The fourth-order valence-electron chi connectivity index (χ4n) is 2.60.